The van der Waals surface area contributed by atoms with Crippen LogP contribution < -0.4 is 0 Å². The van der Waals surface area contributed by atoms with Gasteiger partial charge in [0.2, 0.25) is 0 Å². The van der Waals surface area contributed by atoms with Gasteiger partial charge in [0.25, 0.3) is 0 Å². The molecule has 0 amide bonds. The largest absolute Gasteiger partial charge is 0.478 e. The number of carbonyl (C=O) groups is 1. The average Bonchev–Trinajstić information content (AvgIpc) is 3.05. The standard InChI is InChI=1S/C17H22N2O2/c1-11(2)10-19-15-8-7-13(17(20)21)9-14(15)18-16(19)12-5-3-4-6-12/h7-9,11-12H,3-6,10H2,1-2H3,(H,20,21). The molecule has 3 rings (SSSR count). The van der Waals surface area contributed by atoms with Crippen LogP contribution in [0.25, 0.3) is 11.0 Å². The van der Waals surface area contributed by atoms with E-state index in [0.29, 0.717) is 17.4 Å². The zero-order valence-corrected chi connectivity index (χ0v) is 12.7. The Morgan fingerprint density at radius 1 is 1.38 bits per heavy atom. The molecule has 4 heteroatoms. The third kappa shape index (κ3) is 2.67. The lowest BCUT2D eigenvalue weighted by Gasteiger charge is -2.15. The first-order valence-corrected chi connectivity index (χ1v) is 7.79. The SMILES string of the molecule is CC(C)Cn1c(C2CCCC2)nc2cc(C(=O)O)ccc21. The van der Waals surface area contributed by atoms with E-state index < -0.39 is 5.97 Å². The fraction of sp³-hybridized carbons (Fsp3) is 0.529. The number of carboxylic acid groups (broad SMARTS) is 1. The van der Waals surface area contributed by atoms with Crippen molar-refractivity contribution in [3.8, 4) is 0 Å². The van der Waals surface area contributed by atoms with Crippen molar-refractivity contribution in [2.45, 2.75) is 52.0 Å². The van der Waals surface area contributed by atoms with Gasteiger partial charge >= 0.3 is 5.97 Å². The number of rotatable bonds is 4. The molecular weight excluding hydrogens is 264 g/mol. The third-order valence-corrected chi connectivity index (χ3v) is 4.29. The van der Waals surface area contributed by atoms with Crippen LogP contribution in [0.2, 0.25) is 0 Å². The minimum Gasteiger partial charge on any atom is -0.478 e. The Balaban J connectivity index is 2.12. The number of aromatic carboxylic acids is 1. The van der Waals surface area contributed by atoms with E-state index >= 15 is 0 Å². The van der Waals surface area contributed by atoms with Gasteiger partial charge in [-0.3, -0.25) is 0 Å². The maximum absolute atomic E-state index is 11.1. The van der Waals surface area contributed by atoms with E-state index in [-0.39, 0.29) is 0 Å². The molecule has 1 aliphatic carbocycles. The third-order valence-electron chi connectivity index (χ3n) is 4.29. The van der Waals surface area contributed by atoms with Crippen molar-refractivity contribution in [3.05, 3.63) is 29.6 Å². The molecule has 1 aromatic carbocycles. The van der Waals surface area contributed by atoms with E-state index in [4.69, 9.17) is 10.1 Å². The quantitative estimate of drug-likeness (QED) is 0.922. The van der Waals surface area contributed by atoms with E-state index in [1.54, 1.807) is 12.1 Å². The maximum Gasteiger partial charge on any atom is 0.335 e. The topological polar surface area (TPSA) is 55.1 Å². The summed E-state index contributed by atoms with van der Waals surface area (Å²) in [4.78, 5) is 15.9. The number of hydrogen-bond acceptors (Lipinski definition) is 2. The van der Waals surface area contributed by atoms with Crippen LogP contribution in [0, 0.1) is 5.92 Å². The summed E-state index contributed by atoms with van der Waals surface area (Å²) in [5, 5.41) is 9.14. The first kappa shape index (κ1) is 14.1. The second-order valence-corrected chi connectivity index (χ2v) is 6.46. The van der Waals surface area contributed by atoms with Crippen LogP contribution in [0.4, 0.5) is 0 Å². The second-order valence-electron chi connectivity index (χ2n) is 6.46. The molecule has 112 valence electrons. The second kappa shape index (κ2) is 5.51. The highest BCUT2D eigenvalue weighted by molar-refractivity contribution is 5.92. The van der Waals surface area contributed by atoms with E-state index in [0.717, 1.165) is 23.4 Å². The molecule has 0 aliphatic heterocycles. The van der Waals surface area contributed by atoms with Crippen molar-refractivity contribution < 1.29 is 9.90 Å². The van der Waals surface area contributed by atoms with Gasteiger partial charge in [0.15, 0.2) is 0 Å². The maximum atomic E-state index is 11.1. The Hall–Kier alpha value is -1.84. The Morgan fingerprint density at radius 2 is 2.10 bits per heavy atom. The lowest BCUT2D eigenvalue weighted by atomic mass is 10.1. The van der Waals surface area contributed by atoms with Crippen LogP contribution in [0.1, 0.15) is 61.6 Å². The van der Waals surface area contributed by atoms with Gasteiger partial charge in [0.05, 0.1) is 16.6 Å². The van der Waals surface area contributed by atoms with Crippen LogP contribution >= 0.6 is 0 Å². The van der Waals surface area contributed by atoms with E-state index in [1.165, 1.54) is 25.7 Å². The Morgan fingerprint density at radius 3 is 2.71 bits per heavy atom. The van der Waals surface area contributed by atoms with Gasteiger partial charge in [-0.2, -0.15) is 0 Å². The predicted octanol–water partition coefficient (Wildman–Crippen LogP) is 4.05. The number of carboxylic acids is 1. The number of fused-ring (bicyclic) bond motifs is 1. The number of nitrogens with zero attached hydrogens (tertiary/aromatic N) is 2. The molecule has 0 radical (unpaired) electrons. The summed E-state index contributed by atoms with van der Waals surface area (Å²) in [5.74, 6) is 1.34. The lowest BCUT2D eigenvalue weighted by molar-refractivity contribution is 0.0697. The first-order valence-electron chi connectivity index (χ1n) is 7.79. The molecule has 1 saturated carbocycles. The highest BCUT2D eigenvalue weighted by atomic mass is 16.4. The smallest absolute Gasteiger partial charge is 0.335 e. The normalized spacial score (nSPS) is 16.1. The molecule has 1 N–H and O–H groups in total. The van der Waals surface area contributed by atoms with Crippen molar-refractivity contribution >= 4 is 17.0 Å². The van der Waals surface area contributed by atoms with E-state index in [9.17, 15) is 4.79 Å². The van der Waals surface area contributed by atoms with Crippen LogP contribution in [-0.2, 0) is 6.54 Å². The predicted molar refractivity (Wildman–Crippen MR) is 82.7 cm³/mol. The van der Waals surface area contributed by atoms with Crippen molar-refractivity contribution in [2.24, 2.45) is 5.92 Å². The molecule has 0 atom stereocenters. The Labute approximate surface area is 124 Å². The van der Waals surface area contributed by atoms with Gasteiger partial charge < -0.3 is 9.67 Å². The summed E-state index contributed by atoms with van der Waals surface area (Å²) in [5.41, 5.74) is 2.20. The van der Waals surface area contributed by atoms with Crippen LogP contribution in [-0.4, -0.2) is 20.6 Å². The van der Waals surface area contributed by atoms with Gasteiger partial charge in [-0.05, 0) is 37.0 Å². The van der Waals surface area contributed by atoms with Gasteiger partial charge in [-0.25, -0.2) is 9.78 Å². The van der Waals surface area contributed by atoms with Gasteiger partial charge in [0, 0.05) is 12.5 Å². The summed E-state index contributed by atoms with van der Waals surface area (Å²) in [6.07, 6.45) is 4.95. The van der Waals surface area contributed by atoms with Crippen LogP contribution in [0.15, 0.2) is 18.2 Å². The van der Waals surface area contributed by atoms with Crippen molar-refractivity contribution in [2.75, 3.05) is 0 Å². The molecule has 0 saturated heterocycles. The zero-order valence-electron chi connectivity index (χ0n) is 12.7. The fourth-order valence-corrected chi connectivity index (χ4v) is 3.33. The molecule has 0 spiro atoms. The molecule has 1 aromatic heterocycles. The number of imidazole rings is 1. The van der Waals surface area contributed by atoms with E-state index in [1.807, 2.05) is 6.07 Å². The molecule has 4 nitrogen and oxygen atoms in total. The number of benzene rings is 1. The molecule has 1 heterocycles. The van der Waals surface area contributed by atoms with Crippen molar-refractivity contribution in [1.82, 2.24) is 9.55 Å². The molecule has 1 fully saturated rings. The molecule has 0 bridgehead atoms. The summed E-state index contributed by atoms with van der Waals surface area (Å²) in [6, 6.07) is 5.29. The number of aromatic nitrogens is 2. The minimum atomic E-state index is -0.891. The number of hydrogen-bond donors (Lipinski definition) is 1. The molecule has 1 aliphatic rings. The molecule has 0 unspecified atom stereocenters. The van der Waals surface area contributed by atoms with Crippen molar-refractivity contribution in [3.63, 3.8) is 0 Å². The van der Waals surface area contributed by atoms with Crippen LogP contribution in [0.3, 0.4) is 0 Å². The minimum absolute atomic E-state index is 0.315. The fourth-order valence-electron chi connectivity index (χ4n) is 3.33. The zero-order chi connectivity index (χ0) is 15.0. The lowest BCUT2D eigenvalue weighted by Crippen LogP contribution is -2.11. The van der Waals surface area contributed by atoms with Gasteiger partial charge in [-0.1, -0.05) is 26.7 Å². The summed E-state index contributed by atoms with van der Waals surface area (Å²) in [7, 11) is 0. The highest BCUT2D eigenvalue weighted by Crippen LogP contribution is 2.35. The highest BCUT2D eigenvalue weighted by Gasteiger charge is 2.24. The summed E-state index contributed by atoms with van der Waals surface area (Å²) >= 11 is 0. The molecule has 21 heavy (non-hydrogen) atoms. The Kier molecular flexibility index (Phi) is 3.70. The van der Waals surface area contributed by atoms with Gasteiger partial charge in [0.1, 0.15) is 5.82 Å². The monoisotopic (exact) mass is 286 g/mol. The summed E-state index contributed by atoms with van der Waals surface area (Å²) < 4.78 is 2.31. The van der Waals surface area contributed by atoms with E-state index in [2.05, 4.69) is 18.4 Å². The van der Waals surface area contributed by atoms with Gasteiger partial charge in [-0.15, -0.1) is 0 Å². The Bertz CT molecular complexity index is 667. The average molecular weight is 286 g/mol. The van der Waals surface area contributed by atoms with Crippen molar-refractivity contribution in [1.29, 1.82) is 0 Å². The molecule has 2 aromatic rings. The summed E-state index contributed by atoms with van der Waals surface area (Å²) in [6.45, 7) is 5.35. The first-order chi connectivity index (χ1) is 10.1. The van der Waals surface area contributed by atoms with Crippen LogP contribution in [0.5, 0.6) is 0 Å². The molecular formula is C17H22N2O2.